The summed E-state index contributed by atoms with van der Waals surface area (Å²) >= 11 is 0. The van der Waals surface area contributed by atoms with Crippen molar-refractivity contribution in [2.75, 3.05) is 25.0 Å². The molecule has 1 aliphatic rings. The number of aromatic nitrogens is 2. The van der Waals surface area contributed by atoms with E-state index in [0.29, 0.717) is 6.04 Å². The van der Waals surface area contributed by atoms with Gasteiger partial charge in [0.25, 0.3) is 0 Å². The van der Waals surface area contributed by atoms with Gasteiger partial charge in [-0.2, -0.15) is 5.10 Å². The van der Waals surface area contributed by atoms with Crippen molar-refractivity contribution in [2.24, 2.45) is 5.92 Å². The zero-order valence-corrected chi connectivity index (χ0v) is 12.4. The van der Waals surface area contributed by atoms with Crippen LogP contribution in [0, 0.1) is 5.92 Å². The molecule has 0 aliphatic carbocycles. The third-order valence-electron chi connectivity index (χ3n) is 4.56. The molecule has 2 atom stereocenters. The standard InChI is InChI=1S/C16H24N4/c1-3-20-9-5-6-13(11-20)12(2)18-15-7-4-8-16-14(15)10-17-19-16/h4,7-8,10,12-13,18H,3,5-6,9,11H2,1-2H3,(H,17,19). The van der Waals surface area contributed by atoms with Gasteiger partial charge in [0.05, 0.1) is 11.7 Å². The predicted octanol–water partition coefficient (Wildman–Crippen LogP) is 3.10. The van der Waals surface area contributed by atoms with E-state index in [1.165, 1.54) is 43.5 Å². The highest BCUT2D eigenvalue weighted by Gasteiger charge is 2.24. The lowest BCUT2D eigenvalue weighted by atomic mass is 9.91. The molecule has 1 aromatic carbocycles. The molecule has 1 aliphatic heterocycles. The van der Waals surface area contributed by atoms with Crippen LogP contribution in [0.15, 0.2) is 24.4 Å². The Hall–Kier alpha value is -1.55. The molecule has 108 valence electrons. The second kappa shape index (κ2) is 5.83. The van der Waals surface area contributed by atoms with E-state index in [2.05, 4.69) is 52.5 Å². The second-order valence-corrected chi connectivity index (χ2v) is 5.87. The van der Waals surface area contributed by atoms with E-state index >= 15 is 0 Å². The van der Waals surface area contributed by atoms with Crippen LogP contribution < -0.4 is 5.32 Å². The Labute approximate surface area is 120 Å². The highest BCUT2D eigenvalue weighted by Crippen LogP contribution is 2.26. The Balaban J connectivity index is 1.72. The number of H-pyrrole nitrogens is 1. The summed E-state index contributed by atoms with van der Waals surface area (Å²) < 4.78 is 0. The molecular formula is C16H24N4. The number of rotatable bonds is 4. The Morgan fingerprint density at radius 2 is 2.40 bits per heavy atom. The minimum atomic E-state index is 0.491. The van der Waals surface area contributed by atoms with Crippen LogP contribution in [-0.2, 0) is 0 Å². The third kappa shape index (κ3) is 2.66. The molecule has 0 spiro atoms. The van der Waals surface area contributed by atoms with Gasteiger partial charge in [0.15, 0.2) is 0 Å². The van der Waals surface area contributed by atoms with Gasteiger partial charge < -0.3 is 10.2 Å². The SMILES string of the molecule is CCN1CCCC(C(C)Nc2cccc3[nH]ncc23)C1. The molecule has 2 aromatic rings. The quantitative estimate of drug-likeness (QED) is 0.899. The Kier molecular flexibility index (Phi) is 3.92. The Morgan fingerprint density at radius 1 is 1.50 bits per heavy atom. The van der Waals surface area contributed by atoms with Crippen LogP contribution in [0.5, 0.6) is 0 Å². The molecule has 0 radical (unpaired) electrons. The fourth-order valence-electron chi connectivity index (χ4n) is 3.24. The number of anilines is 1. The molecular weight excluding hydrogens is 248 g/mol. The van der Waals surface area contributed by atoms with Gasteiger partial charge >= 0.3 is 0 Å². The summed E-state index contributed by atoms with van der Waals surface area (Å²) in [6, 6.07) is 6.78. The molecule has 1 aromatic heterocycles. The molecule has 2 unspecified atom stereocenters. The van der Waals surface area contributed by atoms with Crippen LogP contribution in [0.2, 0.25) is 0 Å². The number of hydrogen-bond donors (Lipinski definition) is 2. The minimum absolute atomic E-state index is 0.491. The summed E-state index contributed by atoms with van der Waals surface area (Å²) in [6.45, 7) is 8.21. The van der Waals surface area contributed by atoms with Gasteiger partial charge in [0.2, 0.25) is 0 Å². The summed E-state index contributed by atoms with van der Waals surface area (Å²) in [6.07, 6.45) is 4.55. The third-order valence-corrected chi connectivity index (χ3v) is 4.56. The van der Waals surface area contributed by atoms with Crippen molar-refractivity contribution in [2.45, 2.75) is 32.7 Å². The maximum Gasteiger partial charge on any atom is 0.0671 e. The number of benzene rings is 1. The molecule has 4 nitrogen and oxygen atoms in total. The van der Waals surface area contributed by atoms with Crippen molar-refractivity contribution < 1.29 is 0 Å². The highest BCUT2D eigenvalue weighted by molar-refractivity contribution is 5.90. The first kappa shape index (κ1) is 13.4. The smallest absolute Gasteiger partial charge is 0.0671 e. The average Bonchev–Trinajstić information content (AvgIpc) is 2.97. The molecule has 1 saturated heterocycles. The number of fused-ring (bicyclic) bond motifs is 1. The van der Waals surface area contributed by atoms with Gasteiger partial charge in [-0.1, -0.05) is 13.0 Å². The van der Waals surface area contributed by atoms with Crippen molar-refractivity contribution in [3.05, 3.63) is 24.4 Å². The maximum absolute atomic E-state index is 4.13. The first-order chi connectivity index (χ1) is 9.78. The number of aromatic amines is 1. The monoisotopic (exact) mass is 272 g/mol. The van der Waals surface area contributed by atoms with Crippen LogP contribution in [0.4, 0.5) is 5.69 Å². The predicted molar refractivity (Wildman–Crippen MR) is 84.0 cm³/mol. The Bertz CT molecular complexity index is 562. The summed E-state index contributed by atoms with van der Waals surface area (Å²) in [5, 5.41) is 12.0. The number of nitrogens with zero attached hydrogens (tertiary/aromatic N) is 2. The summed E-state index contributed by atoms with van der Waals surface area (Å²) in [4.78, 5) is 2.56. The van der Waals surface area contributed by atoms with Crippen LogP contribution in [0.3, 0.4) is 0 Å². The average molecular weight is 272 g/mol. The van der Waals surface area contributed by atoms with E-state index in [9.17, 15) is 0 Å². The van der Waals surface area contributed by atoms with Crippen molar-refractivity contribution in [3.63, 3.8) is 0 Å². The Morgan fingerprint density at radius 3 is 3.25 bits per heavy atom. The fraction of sp³-hybridized carbons (Fsp3) is 0.562. The topological polar surface area (TPSA) is 44.0 Å². The van der Waals surface area contributed by atoms with E-state index in [4.69, 9.17) is 0 Å². The van der Waals surface area contributed by atoms with Gasteiger partial charge in [-0.25, -0.2) is 0 Å². The molecule has 20 heavy (non-hydrogen) atoms. The van der Waals surface area contributed by atoms with Crippen LogP contribution in [-0.4, -0.2) is 40.8 Å². The fourth-order valence-corrected chi connectivity index (χ4v) is 3.24. The molecule has 0 amide bonds. The van der Waals surface area contributed by atoms with Crippen molar-refractivity contribution in [1.29, 1.82) is 0 Å². The minimum Gasteiger partial charge on any atom is -0.382 e. The van der Waals surface area contributed by atoms with Gasteiger partial charge in [-0.3, -0.25) is 5.10 Å². The lowest BCUT2D eigenvalue weighted by molar-refractivity contribution is 0.172. The molecule has 2 N–H and O–H groups in total. The molecule has 0 bridgehead atoms. The molecule has 3 rings (SSSR count). The van der Waals surface area contributed by atoms with E-state index in [1.807, 2.05) is 6.20 Å². The first-order valence-corrected chi connectivity index (χ1v) is 7.69. The van der Waals surface area contributed by atoms with Crippen molar-refractivity contribution in [3.8, 4) is 0 Å². The van der Waals surface area contributed by atoms with E-state index in [0.717, 1.165) is 11.4 Å². The first-order valence-electron chi connectivity index (χ1n) is 7.69. The lowest BCUT2D eigenvalue weighted by Gasteiger charge is -2.35. The molecule has 1 fully saturated rings. The van der Waals surface area contributed by atoms with Crippen molar-refractivity contribution >= 4 is 16.6 Å². The highest BCUT2D eigenvalue weighted by atomic mass is 15.1. The largest absolute Gasteiger partial charge is 0.382 e. The zero-order valence-electron chi connectivity index (χ0n) is 12.4. The molecule has 0 saturated carbocycles. The van der Waals surface area contributed by atoms with Gasteiger partial charge in [-0.05, 0) is 50.9 Å². The normalized spacial score (nSPS) is 22.0. The summed E-state index contributed by atoms with van der Waals surface area (Å²) in [7, 11) is 0. The number of hydrogen-bond acceptors (Lipinski definition) is 3. The maximum atomic E-state index is 4.13. The lowest BCUT2D eigenvalue weighted by Crippen LogP contribution is -2.41. The summed E-state index contributed by atoms with van der Waals surface area (Å²) in [5.41, 5.74) is 2.29. The van der Waals surface area contributed by atoms with Crippen LogP contribution in [0.25, 0.3) is 10.9 Å². The van der Waals surface area contributed by atoms with Crippen LogP contribution >= 0.6 is 0 Å². The zero-order chi connectivity index (χ0) is 13.9. The molecule has 2 heterocycles. The summed E-state index contributed by atoms with van der Waals surface area (Å²) in [5.74, 6) is 0.728. The van der Waals surface area contributed by atoms with Gasteiger partial charge in [-0.15, -0.1) is 0 Å². The van der Waals surface area contributed by atoms with Crippen molar-refractivity contribution in [1.82, 2.24) is 15.1 Å². The van der Waals surface area contributed by atoms with Gasteiger partial charge in [0, 0.05) is 23.7 Å². The number of piperidine rings is 1. The van der Waals surface area contributed by atoms with E-state index < -0.39 is 0 Å². The number of nitrogens with one attached hydrogen (secondary N) is 2. The number of likely N-dealkylation sites (tertiary alicyclic amines) is 1. The van der Waals surface area contributed by atoms with Gasteiger partial charge in [0.1, 0.15) is 0 Å². The van der Waals surface area contributed by atoms with Crippen LogP contribution in [0.1, 0.15) is 26.7 Å². The van der Waals surface area contributed by atoms with E-state index in [-0.39, 0.29) is 0 Å². The molecule has 4 heteroatoms. The van der Waals surface area contributed by atoms with E-state index in [1.54, 1.807) is 0 Å². The second-order valence-electron chi connectivity index (χ2n) is 5.87.